The van der Waals surface area contributed by atoms with Gasteiger partial charge in [0, 0.05) is 22.8 Å². The maximum Gasteiger partial charge on any atom is 0.340 e. The van der Waals surface area contributed by atoms with Crippen LogP contribution in [0.1, 0.15) is 21.5 Å². The predicted octanol–water partition coefficient (Wildman–Crippen LogP) is 2.70. The molecular weight excluding hydrogens is 358 g/mol. The van der Waals surface area contributed by atoms with Crippen molar-refractivity contribution in [2.45, 2.75) is 13.8 Å². The molecule has 0 saturated carbocycles. The Hall–Kier alpha value is -3.61. The van der Waals surface area contributed by atoms with Crippen molar-refractivity contribution >= 4 is 34.4 Å². The van der Waals surface area contributed by atoms with E-state index in [1.165, 1.54) is 0 Å². The SMILES string of the molecule is Cc1cccc(C)c1NC(=O)CNC(=O)COC(=O)c1c[nH]c2ccccc12. The van der Waals surface area contributed by atoms with Crippen LogP contribution in [0.4, 0.5) is 5.69 Å². The second-order valence-electron chi connectivity index (χ2n) is 6.42. The fourth-order valence-electron chi connectivity index (χ4n) is 2.87. The van der Waals surface area contributed by atoms with E-state index in [4.69, 9.17) is 4.74 Å². The second kappa shape index (κ2) is 8.39. The Labute approximate surface area is 162 Å². The summed E-state index contributed by atoms with van der Waals surface area (Å²) in [4.78, 5) is 39.1. The monoisotopic (exact) mass is 379 g/mol. The minimum absolute atomic E-state index is 0.211. The highest BCUT2D eigenvalue weighted by Gasteiger charge is 2.15. The number of fused-ring (bicyclic) bond motifs is 1. The number of rotatable bonds is 6. The van der Waals surface area contributed by atoms with Gasteiger partial charge in [-0.2, -0.15) is 0 Å². The first-order valence-corrected chi connectivity index (χ1v) is 8.81. The van der Waals surface area contributed by atoms with Crippen molar-refractivity contribution in [3.63, 3.8) is 0 Å². The predicted molar refractivity (Wildman–Crippen MR) is 106 cm³/mol. The number of aromatic nitrogens is 1. The van der Waals surface area contributed by atoms with Gasteiger partial charge in [-0.15, -0.1) is 0 Å². The lowest BCUT2D eigenvalue weighted by molar-refractivity contribution is -0.126. The van der Waals surface area contributed by atoms with Gasteiger partial charge in [-0.3, -0.25) is 9.59 Å². The normalized spacial score (nSPS) is 10.5. The first-order valence-electron chi connectivity index (χ1n) is 8.81. The van der Waals surface area contributed by atoms with E-state index in [9.17, 15) is 14.4 Å². The number of ether oxygens (including phenoxy) is 1. The summed E-state index contributed by atoms with van der Waals surface area (Å²) in [5, 5.41) is 5.94. The van der Waals surface area contributed by atoms with Gasteiger partial charge in [-0.1, -0.05) is 36.4 Å². The first kappa shape index (κ1) is 19.2. The van der Waals surface area contributed by atoms with Crippen molar-refractivity contribution in [1.82, 2.24) is 10.3 Å². The average Bonchev–Trinajstić information content (AvgIpc) is 3.11. The van der Waals surface area contributed by atoms with Gasteiger partial charge in [-0.25, -0.2) is 4.79 Å². The molecule has 0 spiro atoms. The number of amides is 2. The van der Waals surface area contributed by atoms with Gasteiger partial charge >= 0.3 is 5.97 Å². The number of carbonyl (C=O) groups excluding carboxylic acids is 3. The van der Waals surface area contributed by atoms with Crippen molar-refractivity contribution in [2.75, 3.05) is 18.5 Å². The van der Waals surface area contributed by atoms with Crippen LogP contribution in [0.15, 0.2) is 48.7 Å². The Morgan fingerprint density at radius 2 is 1.68 bits per heavy atom. The number of aryl methyl sites for hydroxylation is 2. The lowest BCUT2D eigenvalue weighted by Gasteiger charge is -2.12. The molecule has 1 heterocycles. The van der Waals surface area contributed by atoms with Gasteiger partial charge in [-0.05, 0) is 31.0 Å². The summed E-state index contributed by atoms with van der Waals surface area (Å²) in [6.45, 7) is 3.11. The molecule has 0 unspecified atom stereocenters. The van der Waals surface area contributed by atoms with Gasteiger partial charge in [0.1, 0.15) is 0 Å². The fourth-order valence-corrected chi connectivity index (χ4v) is 2.87. The van der Waals surface area contributed by atoms with Crippen LogP contribution in [-0.2, 0) is 14.3 Å². The highest BCUT2D eigenvalue weighted by molar-refractivity contribution is 6.04. The van der Waals surface area contributed by atoms with Gasteiger partial charge in [0.05, 0.1) is 12.1 Å². The maximum atomic E-state index is 12.2. The van der Waals surface area contributed by atoms with Crippen LogP contribution in [0.25, 0.3) is 10.9 Å². The van der Waals surface area contributed by atoms with E-state index in [-0.39, 0.29) is 12.5 Å². The highest BCUT2D eigenvalue weighted by Crippen LogP contribution is 2.19. The molecule has 0 aliphatic rings. The number of benzene rings is 2. The third-order valence-corrected chi connectivity index (χ3v) is 4.34. The summed E-state index contributed by atoms with van der Waals surface area (Å²) < 4.78 is 5.04. The minimum Gasteiger partial charge on any atom is -0.452 e. The molecule has 0 saturated heterocycles. The molecule has 7 heteroatoms. The third-order valence-electron chi connectivity index (χ3n) is 4.34. The Bertz CT molecular complexity index is 1020. The quantitative estimate of drug-likeness (QED) is 0.573. The minimum atomic E-state index is -0.604. The molecule has 2 aromatic carbocycles. The van der Waals surface area contributed by atoms with Crippen molar-refractivity contribution in [2.24, 2.45) is 0 Å². The standard InChI is InChI=1S/C21H21N3O4/c1-13-6-5-7-14(2)20(13)24-18(25)11-23-19(26)12-28-21(27)16-10-22-17-9-4-3-8-15(16)17/h3-10,22H,11-12H2,1-2H3,(H,23,26)(H,24,25). The van der Waals surface area contributed by atoms with E-state index in [0.717, 1.165) is 27.7 Å². The Kier molecular flexibility index (Phi) is 5.74. The van der Waals surface area contributed by atoms with Crippen LogP contribution in [0.2, 0.25) is 0 Å². The van der Waals surface area contributed by atoms with Gasteiger partial charge in [0.15, 0.2) is 6.61 Å². The van der Waals surface area contributed by atoms with Crippen LogP contribution in [0.5, 0.6) is 0 Å². The van der Waals surface area contributed by atoms with Crippen molar-refractivity contribution in [1.29, 1.82) is 0 Å². The Balaban J connectivity index is 1.48. The molecule has 3 N–H and O–H groups in total. The number of anilines is 1. The molecule has 3 aromatic rings. The van der Waals surface area contributed by atoms with E-state index in [2.05, 4.69) is 15.6 Å². The van der Waals surface area contributed by atoms with Crippen molar-refractivity contribution < 1.29 is 19.1 Å². The summed E-state index contributed by atoms with van der Waals surface area (Å²) in [5.74, 6) is -1.51. The summed E-state index contributed by atoms with van der Waals surface area (Å²) in [6.07, 6.45) is 1.54. The van der Waals surface area contributed by atoms with Crippen molar-refractivity contribution in [3.05, 3.63) is 65.4 Å². The number of aromatic amines is 1. The van der Waals surface area contributed by atoms with E-state index in [0.29, 0.717) is 5.56 Å². The van der Waals surface area contributed by atoms with Crippen LogP contribution in [0, 0.1) is 13.8 Å². The summed E-state index contributed by atoms with van der Waals surface area (Å²) >= 11 is 0. The van der Waals surface area contributed by atoms with Gasteiger partial charge < -0.3 is 20.4 Å². The van der Waals surface area contributed by atoms with Gasteiger partial charge in [0.25, 0.3) is 5.91 Å². The molecule has 0 bridgehead atoms. The number of esters is 1. The third kappa shape index (κ3) is 4.37. The van der Waals surface area contributed by atoms with E-state index < -0.39 is 18.5 Å². The van der Waals surface area contributed by atoms with Crippen LogP contribution < -0.4 is 10.6 Å². The Morgan fingerprint density at radius 1 is 0.964 bits per heavy atom. The zero-order valence-electron chi connectivity index (χ0n) is 15.7. The molecule has 28 heavy (non-hydrogen) atoms. The van der Waals surface area contributed by atoms with Crippen molar-refractivity contribution in [3.8, 4) is 0 Å². The fraction of sp³-hybridized carbons (Fsp3) is 0.190. The van der Waals surface area contributed by atoms with E-state index >= 15 is 0 Å². The zero-order chi connectivity index (χ0) is 20.1. The number of carbonyl (C=O) groups is 3. The lowest BCUT2D eigenvalue weighted by atomic mass is 10.1. The molecule has 0 atom stereocenters. The number of hydrogen-bond donors (Lipinski definition) is 3. The van der Waals surface area contributed by atoms with Gasteiger partial charge in [0.2, 0.25) is 5.91 Å². The topological polar surface area (TPSA) is 100 Å². The smallest absolute Gasteiger partial charge is 0.340 e. The molecule has 0 radical (unpaired) electrons. The molecule has 2 amide bonds. The molecule has 0 aliphatic carbocycles. The summed E-state index contributed by atoms with van der Waals surface area (Å²) in [5.41, 5.74) is 3.77. The van der Waals surface area contributed by atoms with E-state index in [1.54, 1.807) is 12.3 Å². The number of H-pyrrole nitrogens is 1. The van der Waals surface area contributed by atoms with Crippen LogP contribution in [-0.4, -0.2) is 35.9 Å². The average molecular weight is 379 g/mol. The van der Waals surface area contributed by atoms with Crippen LogP contribution in [0.3, 0.4) is 0 Å². The summed E-state index contributed by atoms with van der Waals surface area (Å²) in [6, 6.07) is 13.0. The van der Waals surface area contributed by atoms with Crippen LogP contribution >= 0.6 is 0 Å². The molecule has 3 rings (SSSR count). The molecule has 7 nitrogen and oxygen atoms in total. The number of para-hydroxylation sites is 2. The number of nitrogens with one attached hydrogen (secondary N) is 3. The molecule has 0 fully saturated rings. The largest absolute Gasteiger partial charge is 0.452 e. The lowest BCUT2D eigenvalue weighted by Crippen LogP contribution is -2.35. The number of hydrogen-bond acceptors (Lipinski definition) is 4. The van der Waals surface area contributed by atoms with E-state index in [1.807, 2.05) is 50.2 Å². The molecule has 144 valence electrons. The summed E-state index contributed by atoms with van der Waals surface area (Å²) in [7, 11) is 0. The molecular formula is C21H21N3O4. The first-order chi connectivity index (χ1) is 13.5. The molecule has 1 aromatic heterocycles. The second-order valence-corrected chi connectivity index (χ2v) is 6.42. The Morgan fingerprint density at radius 3 is 2.43 bits per heavy atom. The highest BCUT2D eigenvalue weighted by atomic mass is 16.5. The maximum absolute atomic E-state index is 12.2. The molecule has 0 aliphatic heterocycles. The zero-order valence-corrected chi connectivity index (χ0v) is 15.7.